The first-order valence-electron chi connectivity index (χ1n) is 5.73. The van der Waals surface area contributed by atoms with Crippen LogP contribution >= 0.6 is 0 Å². The molecule has 1 heterocycles. The van der Waals surface area contributed by atoms with Crippen LogP contribution in [0.5, 0.6) is 0 Å². The van der Waals surface area contributed by atoms with Crippen LogP contribution in [0.3, 0.4) is 0 Å². The molecule has 17 heavy (non-hydrogen) atoms. The van der Waals surface area contributed by atoms with E-state index < -0.39 is 0 Å². The summed E-state index contributed by atoms with van der Waals surface area (Å²) in [6, 6.07) is 10.1. The van der Waals surface area contributed by atoms with Gasteiger partial charge < -0.3 is 0 Å². The van der Waals surface area contributed by atoms with E-state index in [1.54, 1.807) is 0 Å². The molecule has 0 aliphatic carbocycles. The van der Waals surface area contributed by atoms with Crippen LogP contribution in [0, 0.1) is 0 Å². The lowest BCUT2D eigenvalue weighted by Gasteiger charge is -2.08. The van der Waals surface area contributed by atoms with Crippen molar-refractivity contribution in [1.29, 1.82) is 0 Å². The van der Waals surface area contributed by atoms with Gasteiger partial charge in [-0.1, -0.05) is 30.3 Å². The molecule has 0 atom stereocenters. The summed E-state index contributed by atoms with van der Waals surface area (Å²) in [6.45, 7) is 4.08. The van der Waals surface area contributed by atoms with E-state index in [-0.39, 0.29) is 11.4 Å². The first-order chi connectivity index (χ1) is 8.08. The molecule has 1 N–H and O–H groups in total. The number of hydrogen-bond acceptors (Lipinski definition) is 1. The van der Waals surface area contributed by atoms with Crippen LogP contribution in [0.15, 0.2) is 36.4 Å². The molecule has 0 unspecified atom stereocenters. The van der Waals surface area contributed by atoms with Crippen LogP contribution in [0.25, 0.3) is 6.08 Å². The van der Waals surface area contributed by atoms with Gasteiger partial charge in [0.05, 0.1) is 6.42 Å². The topological polar surface area (TPSA) is 32.1 Å². The molecule has 1 aliphatic rings. The first-order valence-corrected chi connectivity index (χ1v) is 5.73. The molecule has 88 valence electrons. The summed E-state index contributed by atoms with van der Waals surface area (Å²) in [4.78, 5) is 11.3. The fourth-order valence-electron chi connectivity index (χ4n) is 1.85. The first kappa shape index (κ1) is 11.6. The van der Waals surface area contributed by atoms with Crippen LogP contribution in [-0.4, -0.2) is 22.3 Å². The minimum absolute atomic E-state index is 0.0689. The Bertz CT molecular complexity index is 472. The molecule has 1 aliphatic heterocycles. The van der Waals surface area contributed by atoms with Gasteiger partial charge in [-0.05, 0) is 11.6 Å². The van der Waals surface area contributed by atoms with Gasteiger partial charge in [-0.2, -0.15) is 0 Å². The second-order valence-corrected chi connectivity index (χ2v) is 4.81. The number of carbonyl (C=O) groups excluding carboxylic acids is 1. The normalized spacial score (nSPS) is 21.1. The summed E-state index contributed by atoms with van der Waals surface area (Å²) >= 11 is 0. The second kappa shape index (κ2) is 4.53. The van der Waals surface area contributed by atoms with Crippen molar-refractivity contribution >= 4 is 18.2 Å². The van der Waals surface area contributed by atoms with Gasteiger partial charge in [-0.25, -0.2) is 0 Å². The molecule has 3 nitrogen and oxygen atoms in total. The molecule has 1 amide bonds. The van der Waals surface area contributed by atoms with Gasteiger partial charge in [0.1, 0.15) is 0 Å². The van der Waals surface area contributed by atoms with Crippen molar-refractivity contribution in [1.82, 2.24) is 5.43 Å². The number of amides is 1. The van der Waals surface area contributed by atoms with Crippen LogP contribution < -0.4 is 5.43 Å². The summed E-state index contributed by atoms with van der Waals surface area (Å²) < 4.78 is 1.86. The fraction of sp³-hybridized carbons (Fsp3) is 0.286. The quantitative estimate of drug-likeness (QED) is 0.773. The zero-order chi connectivity index (χ0) is 12.3. The maximum atomic E-state index is 11.3. The second-order valence-electron chi connectivity index (χ2n) is 4.81. The van der Waals surface area contributed by atoms with Crippen molar-refractivity contribution in [2.24, 2.45) is 0 Å². The van der Waals surface area contributed by atoms with Crippen LogP contribution in [0.1, 0.15) is 25.8 Å². The molecule has 0 radical (unpaired) electrons. The molecule has 2 rings (SSSR count). The average Bonchev–Trinajstić information content (AvgIpc) is 2.53. The van der Waals surface area contributed by atoms with Crippen LogP contribution in [0.2, 0.25) is 0 Å². The third-order valence-corrected chi connectivity index (χ3v) is 2.81. The highest BCUT2D eigenvalue weighted by atomic mass is 16.2. The molecule has 1 saturated heterocycles. The van der Waals surface area contributed by atoms with Gasteiger partial charge in [-0.15, -0.1) is 10.1 Å². The summed E-state index contributed by atoms with van der Waals surface area (Å²) in [7, 11) is 0. The number of allylic oxidation sites excluding steroid dienone is 1. The number of rotatable bonds is 2. The number of carbonyl (C=O) groups is 1. The maximum absolute atomic E-state index is 11.3. The molecule has 0 bridgehead atoms. The molecular formula is C14H17N2O+. The number of hydrazine groups is 1. The zero-order valence-corrected chi connectivity index (χ0v) is 10.2. The molecular weight excluding hydrogens is 212 g/mol. The Kier molecular flexibility index (Phi) is 3.09. The smallest absolute Gasteiger partial charge is 0.269 e. The Morgan fingerprint density at radius 2 is 2.00 bits per heavy atom. The van der Waals surface area contributed by atoms with E-state index in [9.17, 15) is 4.79 Å². The summed E-state index contributed by atoms with van der Waals surface area (Å²) in [5.74, 6) is 0.0689. The largest absolute Gasteiger partial charge is 0.281 e. The average molecular weight is 229 g/mol. The van der Waals surface area contributed by atoms with E-state index in [1.165, 1.54) is 0 Å². The maximum Gasteiger partial charge on any atom is 0.281 e. The highest BCUT2D eigenvalue weighted by Crippen LogP contribution is 2.17. The third kappa shape index (κ3) is 2.81. The lowest BCUT2D eigenvalue weighted by atomic mass is 10.0. The third-order valence-electron chi connectivity index (χ3n) is 2.81. The summed E-state index contributed by atoms with van der Waals surface area (Å²) in [6.07, 6.45) is 6.39. The van der Waals surface area contributed by atoms with E-state index in [1.807, 2.05) is 67.2 Å². The Balaban J connectivity index is 2.11. The van der Waals surface area contributed by atoms with Gasteiger partial charge >= 0.3 is 0 Å². The summed E-state index contributed by atoms with van der Waals surface area (Å²) in [5.41, 5.74) is 3.81. The van der Waals surface area contributed by atoms with Gasteiger partial charge in [-0.3, -0.25) is 4.79 Å². The molecule has 1 fully saturated rings. The fourth-order valence-corrected chi connectivity index (χ4v) is 1.85. The monoisotopic (exact) mass is 229 g/mol. The Morgan fingerprint density at radius 3 is 2.59 bits per heavy atom. The Labute approximate surface area is 101 Å². The van der Waals surface area contributed by atoms with Crippen LogP contribution in [0.4, 0.5) is 0 Å². The van der Waals surface area contributed by atoms with Crippen molar-refractivity contribution < 1.29 is 9.48 Å². The number of hydrogen-bond donors (Lipinski definition) is 1. The number of hydrazone groups is 1. The molecule has 1 aromatic rings. The Morgan fingerprint density at radius 1 is 1.29 bits per heavy atom. The van der Waals surface area contributed by atoms with E-state index >= 15 is 0 Å². The Hall–Kier alpha value is -1.90. The van der Waals surface area contributed by atoms with E-state index in [0.717, 1.165) is 5.56 Å². The van der Waals surface area contributed by atoms with E-state index in [4.69, 9.17) is 0 Å². The van der Waals surface area contributed by atoms with E-state index in [0.29, 0.717) is 6.42 Å². The zero-order valence-electron chi connectivity index (χ0n) is 10.2. The molecule has 3 heteroatoms. The minimum Gasteiger partial charge on any atom is -0.269 e. The number of nitrogens with zero attached hydrogens (tertiary/aromatic N) is 1. The SMILES string of the molecule is CC1(C)CC(=O)N/[N+]1=C\C=C\c1ccccc1. The predicted octanol–water partition coefficient (Wildman–Crippen LogP) is 2.00. The lowest BCUT2D eigenvalue weighted by Crippen LogP contribution is -2.35. The summed E-state index contributed by atoms with van der Waals surface area (Å²) in [5, 5.41) is 0. The van der Waals surface area contributed by atoms with E-state index in [2.05, 4.69) is 5.43 Å². The van der Waals surface area contributed by atoms with Gasteiger partial charge in [0.25, 0.3) is 5.91 Å². The highest BCUT2D eigenvalue weighted by Gasteiger charge is 2.41. The lowest BCUT2D eigenvalue weighted by molar-refractivity contribution is -0.620. The highest BCUT2D eigenvalue weighted by molar-refractivity contribution is 5.80. The van der Waals surface area contributed by atoms with Crippen molar-refractivity contribution in [3.05, 3.63) is 42.0 Å². The number of nitrogens with one attached hydrogen (secondary N) is 1. The van der Waals surface area contributed by atoms with Gasteiger partial charge in [0, 0.05) is 19.9 Å². The molecule has 0 aromatic heterocycles. The van der Waals surface area contributed by atoms with Gasteiger partial charge in [0.2, 0.25) is 0 Å². The predicted molar refractivity (Wildman–Crippen MR) is 68.6 cm³/mol. The minimum atomic E-state index is -0.155. The standard InChI is InChI=1S/C14H16N2O/c1-14(2)11-13(17)15-16(14)10-6-9-12-7-4-3-5-8-12/h3-10H,11H2,1-2H3/p+1/b9-6+,16-10-. The van der Waals surface area contributed by atoms with Crippen molar-refractivity contribution in [2.45, 2.75) is 25.8 Å². The van der Waals surface area contributed by atoms with Crippen molar-refractivity contribution in [2.75, 3.05) is 0 Å². The van der Waals surface area contributed by atoms with Crippen LogP contribution in [-0.2, 0) is 4.79 Å². The molecule has 0 saturated carbocycles. The number of benzene rings is 1. The van der Waals surface area contributed by atoms with Crippen molar-refractivity contribution in [3.63, 3.8) is 0 Å². The van der Waals surface area contributed by atoms with Gasteiger partial charge in [0.15, 0.2) is 11.8 Å². The molecule has 0 spiro atoms. The molecule has 1 aromatic carbocycles. The van der Waals surface area contributed by atoms with Crippen molar-refractivity contribution in [3.8, 4) is 0 Å².